The van der Waals surface area contributed by atoms with Crippen LogP contribution in [0.1, 0.15) is 0 Å². The van der Waals surface area contributed by atoms with Gasteiger partial charge in [0.2, 0.25) is 0 Å². The minimum Gasteiger partial charge on any atom is -0.496 e. The third-order valence-electron chi connectivity index (χ3n) is 6.84. The smallest absolute Gasteiger partial charge is 0.496 e. The Labute approximate surface area is 225 Å². The zero-order valence-electron chi connectivity index (χ0n) is 22.1. The average Bonchev–Trinajstić information content (AvgIpc) is 3.00. The molecule has 0 saturated heterocycles. The molecule has 38 heavy (non-hydrogen) atoms. The summed E-state index contributed by atoms with van der Waals surface area (Å²) in [4.78, 5) is 12.9. The molecule has 0 aliphatic rings. The first kappa shape index (κ1) is 26.4. The fourth-order valence-corrected chi connectivity index (χ4v) is 5.03. The van der Waals surface area contributed by atoms with E-state index in [1.165, 1.54) is 31.3 Å². The van der Waals surface area contributed by atoms with Gasteiger partial charge in [-0.1, -0.05) is 121 Å². The van der Waals surface area contributed by atoms with Crippen molar-refractivity contribution >= 4 is 34.0 Å². The third-order valence-corrected chi connectivity index (χ3v) is 6.84. The Bertz CT molecular complexity index is 1250. The summed E-state index contributed by atoms with van der Waals surface area (Å²) in [6, 6.07) is 46.9. The number of ether oxygens (including phenoxy) is 1. The number of carbonyl (C=O) groups is 1. The molecule has 0 unspecified atom stereocenters. The second kappa shape index (κ2) is 12.6. The van der Waals surface area contributed by atoms with Gasteiger partial charge in [-0.15, -0.1) is 0 Å². The quantitative estimate of drug-likeness (QED) is 0.273. The van der Waals surface area contributed by atoms with Crippen molar-refractivity contribution < 1.29 is 14.1 Å². The minimum atomic E-state index is -1.22. The first-order valence-corrected chi connectivity index (χ1v) is 12.7. The number of hydrogen-bond donors (Lipinski definition) is 0. The minimum absolute atomic E-state index is 0.0809. The predicted octanol–water partition coefficient (Wildman–Crippen LogP) is 3.58. The van der Waals surface area contributed by atoms with Crippen LogP contribution in [0.4, 0.5) is 4.79 Å². The Kier molecular flexibility index (Phi) is 8.73. The van der Waals surface area contributed by atoms with Crippen molar-refractivity contribution in [2.45, 2.75) is 0 Å². The molecule has 5 rings (SSSR count). The van der Waals surface area contributed by atoms with Crippen LogP contribution in [-0.4, -0.2) is 38.3 Å². The number of carbonyl (C=O) groups excluding carboxylic acids is 1. The zero-order chi connectivity index (χ0) is 26.8. The molecule has 5 heteroatoms. The van der Waals surface area contributed by atoms with Crippen LogP contribution >= 0.6 is 0 Å². The molecule has 0 atom stereocenters. The topological polar surface area (TPSA) is 33.4 Å². The summed E-state index contributed by atoms with van der Waals surface area (Å²) in [6.07, 6.45) is 2.12. The van der Waals surface area contributed by atoms with Gasteiger partial charge in [-0.25, -0.2) is 4.90 Å². The van der Waals surface area contributed by atoms with Gasteiger partial charge in [-0.2, -0.15) is 31.2 Å². The van der Waals surface area contributed by atoms with E-state index in [9.17, 15) is 4.79 Å². The lowest BCUT2D eigenvalue weighted by Crippen LogP contribution is -2.74. The van der Waals surface area contributed by atoms with E-state index in [1.807, 2.05) is 0 Å². The fraction of sp³-hybridized carbons (Fsp3) is 0.0909. The van der Waals surface area contributed by atoms with Crippen LogP contribution in [0.15, 0.2) is 146 Å². The highest BCUT2D eigenvalue weighted by molar-refractivity contribution is 7.19. The predicted molar refractivity (Wildman–Crippen MR) is 158 cm³/mol. The Balaban J connectivity index is 0.000000219. The van der Waals surface area contributed by atoms with E-state index in [0.29, 0.717) is 0 Å². The maximum absolute atomic E-state index is 11.4. The molecular weight excluding hydrogens is 467 g/mol. The van der Waals surface area contributed by atoms with Gasteiger partial charge in [-0.3, -0.25) is 0 Å². The molecule has 0 saturated carbocycles. The van der Waals surface area contributed by atoms with Crippen molar-refractivity contribution in [1.82, 2.24) is 4.90 Å². The molecule has 5 aromatic rings. The van der Waals surface area contributed by atoms with E-state index < -0.39 is 6.15 Å². The van der Waals surface area contributed by atoms with Crippen molar-refractivity contribution in [3.8, 4) is 5.75 Å². The number of hydrogen-bond acceptors (Lipinski definition) is 2. The number of methoxy groups -OCH3 is 1. The summed E-state index contributed by atoms with van der Waals surface area (Å²) >= 11 is 0. The number of rotatable bonds is 5. The van der Waals surface area contributed by atoms with Crippen molar-refractivity contribution in [2.75, 3.05) is 21.2 Å². The second-order valence-corrected chi connectivity index (χ2v) is 9.33. The van der Waals surface area contributed by atoms with Crippen LogP contribution in [-0.2, 0) is 0 Å². The van der Waals surface area contributed by atoms with E-state index in [0.717, 1.165) is 5.75 Å². The lowest BCUT2D eigenvalue weighted by atomic mass is 9.13. The normalized spacial score (nSPS) is 10.6. The molecule has 1 amide bonds. The number of amides is 1. The standard InChI is InChI=1S/C24H20B.C9H13N2O2/c1-5-13-21(14-6-1)25(22-15-7-2-8-16-22,23-17-9-3-10-18-23)24-19-11-4-12-20-24;1-10(2)9(12)11-6-4-8(13-3)5-7-11/h1-20H;4-7H,1-3H3/q-1;+1. The highest BCUT2D eigenvalue weighted by Crippen LogP contribution is 2.09. The van der Waals surface area contributed by atoms with Crippen molar-refractivity contribution in [3.63, 3.8) is 0 Å². The Morgan fingerprint density at radius 1 is 0.579 bits per heavy atom. The highest BCUT2D eigenvalue weighted by atomic mass is 16.5. The van der Waals surface area contributed by atoms with E-state index in [1.54, 1.807) is 45.7 Å². The van der Waals surface area contributed by atoms with Gasteiger partial charge in [-0.05, 0) is 0 Å². The van der Waals surface area contributed by atoms with Crippen molar-refractivity contribution in [1.29, 1.82) is 0 Å². The summed E-state index contributed by atoms with van der Waals surface area (Å²) in [7, 11) is 5.01. The molecular formula is C33H33BN2O2. The monoisotopic (exact) mass is 500 g/mol. The SMILES string of the molecule is COc1cc[n+](C(=O)N(C)C)cc1.c1ccc([B-](c2ccccc2)(c2ccccc2)c2ccccc2)cc1. The van der Waals surface area contributed by atoms with E-state index in [2.05, 4.69) is 121 Å². The molecule has 0 bridgehead atoms. The third kappa shape index (κ3) is 5.68. The zero-order valence-corrected chi connectivity index (χ0v) is 22.1. The molecule has 1 heterocycles. The van der Waals surface area contributed by atoms with Crippen LogP contribution in [0.3, 0.4) is 0 Å². The molecule has 4 aromatic carbocycles. The van der Waals surface area contributed by atoms with Crippen LogP contribution < -0.4 is 31.2 Å². The Morgan fingerprint density at radius 3 is 1.16 bits per heavy atom. The molecule has 190 valence electrons. The summed E-state index contributed by atoms with van der Waals surface area (Å²) < 4.78 is 6.46. The molecule has 0 radical (unpaired) electrons. The summed E-state index contributed by atoms with van der Waals surface area (Å²) in [5.41, 5.74) is 5.36. The van der Waals surface area contributed by atoms with E-state index >= 15 is 0 Å². The molecule has 4 nitrogen and oxygen atoms in total. The molecule has 0 aliphatic heterocycles. The Hall–Kier alpha value is -4.64. The number of pyridine rings is 1. The summed E-state index contributed by atoms with van der Waals surface area (Å²) in [5.74, 6) is 0.739. The summed E-state index contributed by atoms with van der Waals surface area (Å²) in [6.45, 7) is 0. The largest absolute Gasteiger partial charge is 0.497 e. The van der Waals surface area contributed by atoms with Gasteiger partial charge in [0.1, 0.15) is 24.3 Å². The molecule has 0 spiro atoms. The van der Waals surface area contributed by atoms with Gasteiger partial charge < -0.3 is 4.74 Å². The van der Waals surface area contributed by atoms with Crippen LogP contribution in [0.25, 0.3) is 0 Å². The van der Waals surface area contributed by atoms with Gasteiger partial charge in [0.05, 0.1) is 21.2 Å². The maximum atomic E-state index is 11.4. The highest BCUT2D eigenvalue weighted by Gasteiger charge is 2.31. The number of benzene rings is 4. The summed E-state index contributed by atoms with van der Waals surface area (Å²) in [5, 5.41) is 0. The lowest BCUT2D eigenvalue weighted by Gasteiger charge is -2.44. The average molecular weight is 500 g/mol. The van der Waals surface area contributed by atoms with Crippen molar-refractivity contribution in [2.24, 2.45) is 0 Å². The number of nitrogens with zero attached hydrogens (tertiary/aromatic N) is 2. The molecule has 0 aliphatic carbocycles. The molecule has 0 N–H and O–H groups in total. The fourth-order valence-electron chi connectivity index (χ4n) is 5.03. The second-order valence-electron chi connectivity index (χ2n) is 9.33. The maximum Gasteiger partial charge on any atom is 0.497 e. The van der Waals surface area contributed by atoms with E-state index in [4.69, 9.17) is 4.74 Å². The van der Waals surface area contributed by atoms with Crippen LogP contribution in [0.2, 0.25) is 0 Å². The Morgan fingerprint density at radius 2 is 0.895 bits per heavy atom. The lowest BCUT2D eigenvalue weighted by molar-refractivity contribution is -0.577. The van der Waals surface area contributed by atoms with Gasteiger partial charge in [0, 0.05) is 12.1 Å². The first-order valence-electron chi connectivity index (χ1n) is 12.7. The van der Waals surface area contributed by atoms with Gasteiger partial charge in [0.25, 0.3) is 0 Å². The van der Waals surface area contributed by atoms with Crippen LogP contribution in [0, 0.1) is 0 Å². The van der Waals surface area contributed by atoms with Gasteiger partial charge >= 0.3 is 6.03 Å². The molecule has 0 fully saturated rings. The van der Waals surface area contributed by atoms with E-state index in [-0.39, 0.29) is 6.03 Å². The van der Waals surface area contributed by atoms with Gasteiger partial charge in [0.15, 0.2) is 0 Å². The number of aromatic nitrogens is 1. The van der Waals surface area contributed by atoms with Crippen molar-refractivity contribution in [3.05, 3.63) is 146 Å². The van der Waals surface area contributed by atoms with Crippen LogP contribution in [0.5, 0.6) is 5.75 Å². The first-order chi connectivity index (χ1) is 18.6. The molecule has 1 aromatic heterocycles.